The van der Waals surface area contributed by atoms with Crippen molar-refractivity contribution in [3.8, 4) is 11.5 Å². The molecule has 4 aromatic rings. The van der Waals surface area contributed by atoms with Crippen LogP contribution in [0.25, 0.3) is 11.2 Å². The van der Waals surface area contributed by atoms with Gasteiger partial charge in [-0.1, -0.05) is 37.6 Å². The molecule has 1 atom stereocenters. The number of ether oxygens (including phenoxy) is 2. The van der Waals surface area contributed by atoms with Crippen LogP contribution in [0, 0.1) is 5.92 Å². The molecule has 2 aromatic heterocycles. The van der Waals surface area contributed by atoms with E-state index in [1.54, 1.807) is 14.2 Å². The van der Waals surface area contributed by atoms with Crippen LogP contribution < -0.4 is 15.2 Å². The van der Waals surface area contributed by atoms with Crippen LogP contribution in [-0.2, 0) is 6.54 Å². The SMILES string of the molecule is COc1ccc(OC)c(Sc2nc3c(N)ncnc3n2CC(c2ccc(Cl)cc2)C(C)C)c1. The Balaban J connectivity index is 1.81. The molecule has 0 spiro atoms. The molecule has 0 aliphatic carbocycles. The summed E-state index contributed by atoms with van der Waals surface area (Å²) in [5.74, 6) is 2.40. The van der Waals surface area contributed by atoms with Crippen molar-refractivity contribution in [3.63, 3.8) is 0 Å². The van der Waals surface area contributed by atoms with Crippen LogP contribution in [0.3, 0.4) is 0 Å². The van der Waals surface area contributed by atoms with E-state index in [0.717, 1.165) is 26.6 Å². The van der Waals surface area contributed by atoms with Gasteiger partial charge in [0.15, 0.2) is 22.1 Å². The van der Waals surface area contributed by atoms with E-state index in [4.69, 9.17) is 31.8 Å². The van der Waals surface area contributed by atoms with E-state index < -0.39 is 0 Å². The fourth-order valence-electron chi connectivity index (χ4n) is 3.75. The van der Waals surface area contributed by atoms with Gasteiger partial charge >= 0.3 is 0 Å². The maximum absolute atomic E-state index is 6.16. The van der Waals surface area contributed by atoms with Crippen LogP contribution in [0.4, 0.5) is 5.82 Å². The summed E-state index contributed by atoms with van der Waals surface area (Å²) in [6.45, 7) is 5.08. The number of nitrogen functional groups attached to an aromatic ring is 1. The number of halogens is 1. The number of aromatic nitrogens is 4. The van der Waals surface area contributed by atoms with Gasteiger partial charge < -0.3 is 19.8 Å². The normalized spacial score (nSPS) is 12.3. The molecule has 172 valence electrons. The highest BCUT2D eigenvalue weighted by molar-refractivity contribution is 7.99. The van der Waals surface area contributed by atoms with Crippen LogP contribution in [0.5, 0.6) is 11.5 Å². The van der Waals surface area contributed by atoms with E-state index in [0.29, 0.717) is 29.4 Å². The van der Waals surface area contributed by atoms with Crippen molar-refractivity contribution in [3.05, 3.63) is 59.4 Å². The summed E-state index contributed by atoms with van der Waals surface area (Å²) in [7, 11) is 3.29. The minimum Gasteiger partial charge on any atom is -0.497 e. The Bertz CT molecular complexity index is 1260. The highest BCUT2D eigenvalue weighted by Gasteiger charge is 2.23. The van der Waals surface area contributed by atoms with Crippen LogP contribution in [-0.4, -0.2) is 33.7 Å². The summed E-state index contributed by atoms with van der Waals surface area (Å²) in [5.41, 5.74) is 8.64. The number of rotatable bonds is 8. The molecule has 0 aliphatic rings. The molecule has 0 saturated carbocycles. The third-order valence-corrected chi connectivity index (χ3v) is 6.86. The summed E-state index contributed by atoms with van der Waals surface area (Å²) in [4.78, 5) is 14.4. The molecular formula is C24H26ClN5O2S. The van der Waals surface area contributed by atoms with E-state index in [1.807, 2.05) is 30.3 Å². The van der Waals surface area contributed by atoms with Gasteiger partial charge in [-0.15, -0.1) is 0 Å². The topological polar surface area (TPSA) is 88.1 Å². The second-order valence-electron chi connectivity index (χ2n) is 7.96. The molecule has 2 N–H and O–H groups in total. The fourth-order valence-corrected chi connectivity index (χ4v) is 4.90. The molecule has 2 aromatic carbocycles. The quantitative estimate of drug-likeness (QED) is 0.345. The highest BCUT2D eigenvalue weighted by Crippen LogP contribution is 2.39. The van der Waals surface area contributed by atoms with Crippen LogP contribution in [0.1, 0.15) is 25.3 Å². The van der Waals surface area contributed by atoms with Crippen molar-refractivity contribution in [1.29, 1.82) is 0 Å². The number of anilines is 1. The van der Waals surface area contributed by atoms with Crippen molar-refractivity contribution < 1.29 is 9.47 Å². The smallest absolute Gasteiger partial charge is 0.175 e. The van der Waals surface area contributed by atoms with Gasteiger partial charge in [-0.2, -0.15) is 0 Å². The first-order valence-corrected chi connectivity index (χ1v) is 11.7. The van der Waals surface area contributed by atoms with Crippen LogP contribution >= 0.6 is 23.4 Å². The molecule has 0 aliphatic heterocycles. The lowest BCUT2D eigenvalue weighted by Gasteiger charge is -2.23. The van der Waals surface area contributed by atoms with Crippen molar-refractivity contribution >= 4 is 40.3 Å². The summed E-state index contributed by atoms with van der Waals surface area (Å²) in [5, 5.41) is 1.47. The second kappa shape index (κ2) is 9.89. The summed E-state index contributed by atoms with van der Waals surface area (Å²) >= 11 is 7.61. The minimum absolute atomic E-state index is 0.211. The van der Waals surface area contributed by atoms with E-state index >= 15 is 0 Å². The third-order valence-electron chi connectivity index (χ3n) is 5.58. The Morgan fingerprint density at radius 1 is 1.06 bits per heavy atom. The maximum Gasteiger partial charge on any atom is 0.175 e. The monoisotopic (exact) mass is 483 g/mol. The van der Waals surface area contributed by atoms with Gasteiger partial charge in [0, 0.05) is 17.5 Å². The predicted octanol–water partition coefficient (Wildman–Crippen LogP) is 5.67. The number of nitrogens with zero attached hydrogens (tertiary/aromatic N) is 4. The number of hydrogen-bond donors (Lipinski definition) is 1. The number of methoxy groups -OCH3 is 2. The Morgan fingerprint density at radius 2 is 1.82 bits per heavy atom. The summed E-state index contributed by atoms with van der Waals surface area (Å²) in [6, 6.07) is 13.7. The number of nitrogens with two attached hydrogens (primary N) is 1. The lowest BCUT2D eigenvalue weighted by molar-refractivity contribution is 0.394. The molecule has 0 amide bonds. The zero-order valence-electron chi connectivity index (χ0n) is 18.9. The molecule has 7 nitrogen and oxygen atoms in total. The molecule has 1 unspecified atom stereocenters. The Morgan fingerprint density at radius 3 is 2.48 bits per heavy atom. The number of benzene rings is 2. The predicted molar refractivity (Wildman–Crippen MR) is 132 cm³/mol. The number of fused-ring (bicyclic) bond motifs is 1. The first kappa shape index (κ1) is 23.2. The molecule has 33 heavy (non-hydrogen) atoms. The second-order valence-corrected chi connectivity index (χ2v) is 9.40. The van der Waals surface area contributed by atoms with E-state index in [1.165, 1.54) is 23.7 Å². The maximum atomic E-state index is 6.16. The molecule has 9 heteroatoms. The molecule has 0 fully saturated rings. The lowest BCUT2D eigenvalue weighted by Crippen LogP contribution is -2.16. The van der Waals surface area contributed by atoms with Gasteiger partial charge in [-0.25, -0.2) is 15.0 Å². The van der Waals surface area contributed by atoms with Gasteiger partial charge in [0.25, 0.3) is 0 Å². The van der Waals surface area contributed by atoms with Gasteiger partial charge in [-0.05, 0) is 53.6 Å². The molecule has 0 radical (unpaired) electrons. The van der Waals surface area contributed by atoms with Gasteiger partial charge in [0.1, 0.15) is 17.8 Å². The van der Waals surface area contributed by atoms with E-state index in [2.05, 4.69) is 40.5 Å². The highest BCUT2D eigenvalue weighted by atomic mass is 35.5. The summed E-state index contributed by atoms with van der Waals surface area (Å²) in [6.07, 6.45) is 1.48. The van der Waals surface area contributed by atoms with E-state index in [-0.39, 0.29) is 5.92 Å². The number of imidazole rings is 1. The molecule has 0 bridgehead atoms. The van der Waals surface area contributed by atoms with Gasteiger partial charge in [-0.3, -0.25) is 0 Å². The third kappa shape index (κ3) is 4.86. The van der Waals surface area contributed by atoms with Crippen molar-refractivity contribution in [1.82, 2.24) is 19.5 Å². The fraction of sp³-hybridized carbons (Fsp3) is 0.292. The average Bonchev–Trinajstić information content (AvgIpc) is 3.16. The Labute approximate surface area is 202 Å². The lowest BCUT2D eigenvalue weighted by atomic mass is 9.88. The molecule has 4 rings (SSSR count). The minimum atomic E-state index is 0.211. The van der Waals surface area contributed by atoms with Gasteiger partial charge in [0.2, 0.25) is 0 Å². The first-order valence-electron chi connectivity index (χ1n) is 10.5. The largest absolute Gasteiger partial charge is 0.497 e. The first-order chi connectivity index (χ1) is 15.9. The summed E-state index contributed by atoms with van der Waals surface area (Å²) < 4.78 is 13.1. The van der Waals surface area contributed by atoms with Gasteiger partial charge in [0.05, 0.1) is 19.1 Å². The number of hydrogen-bond acceptors (Lipinski definition) is 7. The molecule has 0 saturated heterocycles. The standard InChI is InChI=1S/C24H26ClN5O2S/c1-14(2)18(15-5-7-16(25)8-6-15)12-30-23-21(22(26)27-13-28-23)29-24(30)33-20-11-17(31-3)9-10-19(20)32-4/h5-11,13-14,18H,12H2,1-4H3,(H2,26,27,28). The zero-order chi connectivity index (χ0) is 23.5. The van der Waals surface area contributed by atoms with Crippen molar-refractivity contribution in [2.75, 3.05) is 20.0 Å². The Kier molecular flexibility index (Phi) is 6.95. The zero-order valence-corrected chi connectivity index (χ0v) is 20.5. The van der Waals surface area contributed by atoms with Crippen molar-refractivity contribution in [2.45, 2.75) is 36.4 Å². The van der Waals surface area contributed by atoms with E-state index in [9.17, 15) is 0 Å². The van der Waals surface area contributed by atoms with Crippen molar-refractivity contribution in [2.24, 2.45) is 5.92 Å². The van der Waals surface area contributed by atoms with Crippen LogP contribution in [0.15, 0.2) is 58.8 Å². The average molecular weight is 484 g/mol. The van der Waals surface area contributed by atoms with Crippen LogP contribution in [0.2, 0.25) is 5.02 Å². The Hall–Kier alpha value is -2.97. The molecule has 2 heterocycles. The molecular weight excluding hydrogens is 458 g/mol.